The van der Waals surface area contributed by atoms with Gasteiger partial charge in [0.05, 0.1) is 33.2 Å². The fraction of sp³-hybridized carbons (Fsp3) is 0.333. The van der Waals surface area contributed by atoms with Gasteiger partial charge in [-0.05, 0) is 62.4 Å². The Morgan fingerprint density at radius 2 is 2.07 bits per heavy atom. The zero-order valence-corrected chi connectivity index (χ0v) is 17.3. The van der Waals surface area contributed by atoms with Crippen LogP contribution in [0.3, 0.4) is 0 Å². The molecule has 4 rings (SSSR count). The van der Waals surface area contributed by atoms with Crippen LogP contribution in [0.5, 0.6) is 0 Å². The van der Waals surface area contributed by atoms with Gasteiger partial charge in [0.2, 0.25) is 0 Å². The number of aromatic nitrogens is 2. The van der Waals surface area contributed by atoms with Gasteiger partial charge in [-0.3, -0.25) is 9.59 Å². The largest absolute Gasteiger partial charge is 0.383 e. The summed E-state index contributed by atoms with van der Waals surface area (Å²) in [5, 5.41) is 3.67. The molecule has 3 N–H and O–H groups in total. The smallest absolute Gasteiger partial charge is 0.313 e. The molecule has 0 unspecified atom stereocenters. The monoisotopic (exact) mass is 409 g/mol. The lowest BCUT2D eigenvalue weighted by atomic mass is 9.95. The number of nitrogens with two attached hydrogens (primary N) is 1. The summed E-state index contributed by atoms with van der Waals surface area (Å²) in [5.74, 6) is -0.787. The second-order valence-electron chi connectivity index (χ2n) is 7.35. The second-order valence-corrected chi connectivity index (χ2v) is 8.59. The minimum absolute atomic E-state index is 0.125. The molecule has 0 aliphatic carbocycles. The highest BCUT2D eigenvalue weighted by Crippen LogP contribution is 2.33. The van der Waals surface area contributed by atoms with Crippen LogP contribution in [0.4, 0.5) is 11.5 Å². The zero-order valence-electron chi connectivity index (χ0n) is 16.4. The highest BCUT2D eigenvalue weighted by Gasteiger charge is 2.32. The lowest BCUT2D eigenvalue weighted by molar-refractivity contribution is -0.145. The molecule has 2 aromatic heterocycles. The number of fused-ring (bicyclic) bond motifs is 1. The standard InChI is InChI=1S/C21H23N5O2S/c1-12-9-15(11-23-19(12)22)25-20(27)21(28)26-8-4-3-5-17(26)14-6-7-18-16(10-14)24-13(2)29-18/h6-7,9-11,17H,3-5,8H2,1-2H3,(H2,22,23)(H,25,27)/t17-/m0/s1. The van der Waals surface area contributed by atoms with Gasteiger partial charge in [-0.15, -0.1) is 11.3 Å². The third-order valence-electron chi connectivity index (χ3n) is 5.24. The van der Waals surface area contributed by atoms with Crippen LogP contribution in [-0.4, -0.2) is 33.2 Å². The van der Waals surface area contributed by atoms with E-state index in [2.05, 4.69) is 21.4 Å². The zero-order chi connectivity index (χ0) is 20.5. The number of carbonyl (C=O) groups is 2. The van der Waals surface area contributed by atoms with Gasteiger partial charge >= 0.3 is 11.8 Å². The minimum atomic E-state index is -0.659. The van der Waals surface area contributed by atoms with E-state index in [1.165, 1.54) is 6.20 Å². The van der Waals surface area contributed by atoms with Gasteiger partial charge in [0.15, 0.2) is 0 Å². The number of nitrogen functional groups attached to an aromatic ring is 1. The first kappa shape index (κ1) is 19.3. The van der Waals surface area contributed by atoms with Crippen molar-refractivity contribution in [2.24, 2.45) is 0 Å². The number of benzene rings is 1. The molecular formula is C21H23N5O2S. The second kappa shape index (κ2) is 7.79. The highest BCUT2D eigenvalue weighted by atomic mass is 32.1. The molecule has 0 saturated carbocycles. The Morgan fingerprint density at radius 1 is 1.24 bits per heavy atom. The van der Waals surface area contributed by atoms with Gasteiger partial charge in [-0.25, -0.2) is 9.97 Å². The van der Waals surface area contributed by atoms with Gasteiger partial charge in [0, 0.05) is 6.54 Å². The average Bonchev–Trinajstić information content (AvgIpc) is 3.09. The molecule has 1 aliphatic heterocycles. The Bertz CT molecular complexity index is 1090. The summed E-state index contributed by atoms with van der Waals surface area (Å²) in [5.41, 5.74) is 8.89. The summed E-state index contributed by atoms with van der Waals surface area (Å²) in [6.07, 6.45) is 4.19. The van der Waals surface area contributed by atoms with E-state index >= 15 is 0 Å². The Kier molecular flexibility index (Phi) is 5.19. The lowest BCUT2D eigenvalue weighted by Crippen LogP contribution is -2.44. The van der Waals surface area contributed by atoms with E-state index < -0.39 is 11.8 Å². The average molecular weight is 410 g/mol. The molecule has 0 radical (unpaired) electrons. The normalized spacial score (nSPS) is 16.8. The third kappa shape index (κ3) is 3.93. The molecule has 1 aliphatic rings. The molecule has 3 heterocycles. The van der Waals surface area contributed by atoms with Gasteiger partial charge < -0.3 is 16.0 Å². The van der Waals surface area contributed by atoms with Crippen LogP contribution < -0.4 is 11.1 Å². The molecule has 29 heavy (non-hydrogen) atoms. The molecule has 1 saturated heterocycles. The molecule has 1 aromatic carbocycles. The number of likely N-dealkylation sites (tertiary alicyclic amines) is 1. The van der Waals surface area contributed by atoms with E-state index in [4.69, 9.17) is 5.73 Å². The molecular weight excluding hydrogens is 386 g/mol. The van der Waals surface area contributed by atoms with Crippen molar-refractivity contribution < 1.29 is 9.59 Å². The van der Waals surface area contributed by atoms with E-state index in [-0.39, 0.29) is 6.04 Å². The number of carbonyl (C=O) groups excluding carboxylic acids is 2. The SMILES string of the molecule is Cc1nc2cc([C@@H]3CCCCN3C(=O)C(=O)Nc3cnc(N)c(C)c3)ccc2s1. The van der Waals surface area contributed by atoms with Crippen LogP contribution in [0.15, 0.2) is 30.5 Å². The van der Waals surface area contributed by atoms with Crippen molar-refractivity contribution in [2.75, 3.05) is 17.6 Å². The number of aryl methyl sites for hydroxylation is 2. The fourth-order valence-electron chi connectivity index (χ4n) is 3.76. The number of thiazole rings is 1. The van der Waals surface area contributed by atoms with Crippen LogP contribution in [0.2, 0.25) is 0 Å². The summed E-state index contributed by atoms with van der Waals surface area (Å²) >= 11 is 1.65. The summed E-state index contributed by atoms with van der Waals surface area (Å²) in [6, 6.07) is 7.72. The molecule has 7 nitrogen and oxygen atoms in total. The van der Waals surface area contributed by atoms with Crippen molar-refractivity contribution >= 4 is 44.9 Å². The van der Waals surface area contributed by atoms with Gasteiger partial charge in [-0.2, -0.15) is 0 Å². The maximum Gasteiger partial charge on any atom is 0.313 e. The van der Waals surface area contributed by atoms with Crippen LogP contribution in [0.1, 0.15) is 41.4 Å². The van der Waals surface area contributed by atoms with E-state index in [9.17, 15) is 9.59 Å². The number of rotatable bonds is 2. The molecule has 1 fully saturated rings. The molecule has 8 heteroatoms. The number of nitrogens with one attached hydrogen (secondary N) is 1. The first-order valence-corrected chi connectivity index (χ1v) is 10.4. The number of amides is 2. The number of hydrogen-bond donors (Lipinski definition) is 2. The first-order valence-electron chi connectivity index (χ1n) is 9.63. The van der Waals surface area contributed by atoms with E-state index in [1.807, 2.05) is 19.1 Å². The summed E-state index contributed by atoms with van der Waals surface area (Å²) in [7, 11) is 0. The van der Waals surface area contributed by atoms with Crippen LogP contribution in [-0.2, 0) is 9.59 Å². The predicted octanol–water partition coefficient (Wildman–Crippen LogP) is 3.58. The number of anilines is 2. The van der Waals surface area contributed by atoms with E-state index in [1.54, 1.807) is 29.2 Å². The van der Waals surface area contributed by atoms with E-state index in [0.29, 0.717) is 18.1 Å². The maximum absolute atomic E-state index is 13.0. The van der Waals surface area contributed by atoms with Crippen molar-refractivity contribution in [2.45, 2.75) is 39.2 Å². The van der Waals surface area contributed by atoms with Crippen molar-refractivity contribution in [3.63, 3.8) is 0 Å². The van der Waals surface area contributed by atoms with Crippen molar-refractivity contribution in [1.82, 2.24) is 14.9 Å². The topological polar surface area (TPSA) is 101 Å². The number of piperidine rings is 1. The fourth-order valence-corrected chi connectivity index (χ4v) is 4.56. The molecule has 3 aromatic rings. The van der Waals surface area contributed by atoms with Gasteiger partial charge in [0.25, 0.3) is 0 Å². The van der Waals surface area contributed by atoms with E-state index in [0.717, 1.165) is 45.6 Å². The van der Waals surface area contributed by atoms with Crippen LogP contribution in [0.25, 0.3) is 10.2 Å². The molecule has 0 spiro atoms. The van der Waals surface area contributed by atoms with Crippen molar-refractivity contribution in [3.05, 3.63) is 46.6 Å². The highest BCUT2D eigenvalue weighted by molar-refractivity contribution is 7.18. The van der Waals surface area contributed by atoms with Crippen molar-refractivity contribution in [1.29, 1.82) is 0 Å². The molecule has 0 bridgehead atoms. The van der Waals surface area contributed by atoms with Crippen molar-refractivity contribution in [3.8, 4) is 0 Å². The number of hydrogen-bond acceptors (Lipinski definition) is 6. The summed E-state index contributed by atoms with van der Waals surface area (Å²) in [4.78, 5) is 35.9. The molecule has 1 atom stereocenters. The Balaban J connectivity index is 1.56. The molecule has 2 amide bonds. The predicted molar refractivity (Wildman–Crippen MR) is 115 cm³/mol. The quantitative estimate of drug-likeness (QED) is 0.630. The summed E-state index contributed by atoms with van der Waals surface area (Å²) < 4.78 is 1.13. The maximum atomic E-state index is 13.0. The molecule has 150 valence electrons. The Morgan fingerprint density at radius 3 is 2.86 bits per heavy atom. The van der Waals surface area contributed by atoms with Crippen LogP contribution >= 0.6 is 11.3 Å². The van der Waals surface area contributed by atoms with Crippen LogP contribution in [0, 0.1) is 13.8 Å². The number of pyridine rings is 1. The third-order valence-corrected chi connectivity index (χ3v) is 6.19. The van der Waals surface area contributed by atoms with Gasteiger partial charge in [0.1, 0.15) is 5.82 Å². The van der Waals surface area contributed by atoms with Gasteiger partial charge in [-0.1, -0.05) is 6.07 Å². The first-order chi connectivity index (χ1) is 13.9. The minimum Gasteiger partial charge on any atom is -0.383 e. The number of nitrogens with zero attached hydrogens (tertiary/aromatic N) is 3. The Labute approximate surface area is 173 Å². The summed E-state index contributed by atoms with van der Waals surface area (Å²) in [6.45, 7) is 4.35. The Hall–Kier alpha value is -3.00. The lowest BCUT2D eigenvalue weighted by Gasteiger charge is -2.35.